The van der Waals surface area contributed by atoms with Gasteiger partial charge in [-0.1, -0.05) is 0 Å². The molecule has 2 aliphatic carbocycles. The van der Waals surface area contributed by atoms with Crippen LogP contribution in [0.3, 0.4) is 0 Å². The lowest BCUT2D eigenvalue weighted by Crippen LogP contribution is -2.47. The van der Waals surface area contributed by atoms with Crippen molar-refractivity contribution in [3.63, 3.8) is 0 Å². The van der Waals surface area contributed by atoms with Crippen LogP contribution in [0.5, 0.6) is 0 Å². The van der Waals surface area contributed by atoms with E-state index in [4.69, 9.17) is 0 Å². The van der Waals surface area contributed by atoms with E-state index in [-0.39, 0.29) is 18.9 Å². The number of alkyl halides is 2. The Labute approximate surface area is 68.9 Å². The molecular formula is C8H10F2O2. The number of halogens is 2. The molecule has 0 aliphatic heterocycles. The summed E-state index contributed by atoms with van der Waals surface area (Å²) >= 11 is 0. The highest BCUT2D eigenvalue weighted by Crippen LogP contribution is 2.75. The Balaban J connectivity index is 2.10. The van der Waals surface area contributed by atoms with Crippen molar-refractivity contribution in [2.24, 2.45) is 11.3 Å². The highest BCUT2D eigenvalue weighted by atomic mass is 19.3. The zero-order valence-electron chi connectivity index (χ0n) is 6.77. The van der Waals surface area contributed by atoms with E-state index in [1.807, 2.05) is 0 Å². The van der Waals surface area contributed by atoms with Crippen LogP contribution in [0.25, 0.3) is 0 Å². The molecule has 0 aromatic rings. The first-order chi connectivity index (χ1) is 5.54. The summed E-state index contributed by atoms with van der Waals surface area (Å²) < 4.78 is 30.4. The summed E-state index contributed by atoms with van der Waals surface area (Å²) in [6, 6.07) is 0. The summed E-state index contributed by atoms with van der Waals surface area (Å²) in [4.78, 5) is 11.1. The van der Waals surface area contributed by atoms with Crippen molar-refractivity contribution < 1.29 is 18.3 Å². The van der Waals surface area contributed by atoms with Gasteiger partial charge in [-0.15, -0.1) is 0 Å². The SMILES string of the molecule is CCOC(=O)[C@]12C[C@H]1CC2(F)F. The number of rotatable bonds is 2. The Bertz CT molecular complexity index is 239. The minimum Gasteiger partial charge on any atom is -0.465 e. The standard InChI is InChI=1S/C8H10F2O2/c1-2-12-6(11)7-3-5(7)4-8(7,9)10/h5H,2-4H2,1H3/t5-,7-/m0/s1. The van der Waals surface area contributed by atoms with Gasteiger partial charge in [0.15, 0.2) is 0 Å². The molecule has 0 spiro atoms. The maximum absolute atomic E-state index is 12.9. The Morgan fingerprint density at radius 1 is 1.58 bits per heavy atom. The lowest BCUT2D eigenvalue weighted by atomic mass is 9.80. The van der Waals surface area contributed by atoms with Crippen molar-refractivity contribution >= 4 is 5.97 Å². The molecule has 2 aliphatic rings. The van der Waals surface area contributed by atoms with Gasteiger partial charge in [0.2, 0.25) is 0 Å². The van der Waals surface area contributed by atoms with Gasteiger partial charge < -0.3 is 4.74 Å². The molecule has 4 heteroatoms. The minimum atomic E-state index is -2.80. The Kier molecular flexibility index (Phi) is 1.31. The lowest BCUT2D eigenvalue weighted by Gasteiger charge is -2.33. The smallest absolute Gasteiger partial charge is 0.318 e. The lowest BCUT2D eigenvalue weighted by molar-refractivity contribution is -0.189. The first kappa shape index (κ1) is 7.95. The zero-order valence-corrected chi connectivity index (χ0v) is 6.77. The summed E-state index contributed by atoms with van der Waals surface area (Å²) in [7, 11) is 0. The van der Waals surface area contributed by atoms with Gasteiger partial charge in [0, 0.05) is 6.42 Å². The number of fused-ring (bicyclic) bond motifs is 1. The maximum Gasteiger partial charge on any atom is 0.318 e. The summed E-state index contributed by atoms with van der Waals surface area (Å²) in [6.45, 7) is 1.81. The fraction of sp³-hybridized carbons (Fsp3) is 0.875. The van der Waals surface area contributed by atoms with Crippen molar-refractivity contribution in [1.29, 1.82) is 0 Å². The molecule has 0 aromatic carbocycles. The van der Waals surface area contributed by atoms with Gasteiger partial charge >= 0.3 is 5.97 Å². The summed E-state index contributed by atoms with van der Waals surface area (Å²) in [5.74, 6) is -3.61. The third-order valence-corrected chi connectivity index (χ3v) is 2.90. The van der Waals surface area contributed by atoms with E-state index in [9.17, 15) is 13.6 Å². The Morgan fingerprint density at radius 2 is 2.25 bits per heavy atom. The van der Waals surface area contributed by atoms with Crippen LogP contribution < -0.4 is 0 Å². The van der Waals surface area contributed by atoms with E-state index in [1.165, 1.54) is 0 Å². The van der Waals surface area contributed by atoms with Crippen LogP contribution >= 0.6 is 0 Å². The highest BCUT2D eigenvalue weighted by molar-refractivity contribution is 5.84. The van der Waals surface area contributed by atoms with E-state index < -0.39 is 17.3 Å². The average molecular weight is 176 g/mol. The van der Waals surface area contributed by atoms with Crippen molar-refractivity contribution in [2.75, 3.05) is 6.61 Å². The second-order valence-electron chi connectivity index (χ2n) is 3.50. The first-order valence-corrected chi connectivity index (χ1v) is 4.09. The van der Waals surface area contributed by atoms with E-state index in [0.717, 1.165) is 0 Å². The summed E-state index contributed by atoms with van der Waals surface area (Å²) in [5, 5.41) is 0. The van der Waals surface area contributed by atoms with Crippen LogP contribution in [-0.4, -0.2) is 18.5 Å². The third kappa shape index (κ3) is 0.660. The fourth-order valence-electron chi connectivity index (χ4n) is 2.04. The molecule has 68 valence electrons. The van der Waals surface area contributed by atoms with Gasteiger partial charge in [0.05, 0.1) is 6.61 Å². The van der Waals surface area contributed by atoms with Crippen molar-refractivity contribution in [1.82, 2.24) is 0 Å². The van der Waals surface area contributed by atoms with Crippen LogP contribution in [0.1, 0.15) is 19.8 Å². The number of hydrogen-bond donors (Lipinski definition) is 0. The summed E-state index contributed by atoms with van der Waals surface area (Å²) in [6.07, 6.45) is 0.185. The second kappa shape index (κ2) is 1.98. The van der Waals surface area contributed by atoms with Crippen LogP contribution in [-0.2, 0) is 9.53 Å². The van der Waals surface area contributed by atoms with Crippen molar-refractivity contribution in [3.05, 3.63) is 0 Å². The van der Waals surface area contributed by atoms with Crippen LogP contribution in [0, 0.1) is 11.3 Å². The molecule has 0 aromatic heterocycles. The van der Waals surface area contributed by atoms with Crippen LogP contribution in [0.15, 0.2) is 0 Å². The van der Waals surface area contributed by atoms with Crippen molar-refractivity contribution in [3.8, 4) is 0 Å². The van der Waals surface area contributed by atoms with Gasteiger partial charge in [-0.25, -0.2) is 8.78 Å². The molecule has 0 unspecified atom stereocenters. The number of esters is 1. The maximum atomic E-state index is 12.9. The van der Waals surface area contributed by atoms with E-state index in [0.29, 0.717) is 6.42 Å². The average Bonchev–Trinajstić information content (AvgIpc) is 2.59. The number of hydrogen-bond acceptors (Lipinski definition) is 2. The van der Waals surface area contributed by atoms with E-state index in [2.05, 4.69) is 4.74 Å². The largest absolute Gasteiger partial charge is 0.465 e. The zero-order chi connectivity index (χ0) is 8.98. The van der Waals surface area contributed by atoms with Crippen LogP contribution in [0.2, 0.25) is 0 Å². The van der Waals surface area contributed by atoms with Gasteiger partial charge in [0.25, 0.3) is 5.92 Å². The molecule has 0 amide bonds. The van der Waals surface area contributed by atoms with Gasteiger partial charge in [-0.2, -0.15) is 0 Å². The number of ether oxygens (including phenoxy) is 1. The number of carbonyl (C=O) groups is 1. The monoisotopic (exact) mass is 176 g/mol. The molecule has 0 N–H and O–H groups in total. The molecular weight excluding hydrogens is 166 g/mol. The highest BCUT2D eigenvalue weighted by Gasteiger charge is 2.84. The molecule has 2 atom stereocenters. The molecule has 2 saturated carbocycles. The van der Waals surface area contributed by atoms with E-state index in [1.54, 1.807) is 6.92 Å². The van der Waals surface area contributed by atoms with Crippen LogP contribution in [0.4, 0.5) is 8.78 Å². The minimum absolute atomic E-state index is 0.105. The van der Waals surface area contributed by atoms with Gasteiger partial charge in [-0.3, -0.25) is 4.79 Å². The molecule has 2 rings (SSSR count). The van der Waals surface area contributed by atoms with Crippen molar-refractivity contribution in [2.45, 2.75) is 25.7 Å². The second-order valence-corrected chi connectivity index (χ2v) is 3.50. The number of carbonyl (C=O) groups excluding carboxylic acids is 1. The molecule has 2 nitrogen and oxygen atoms in total. The molecule has 0 saturated heterocycles. The molecule has 0 heterocycles. The fourth-order valence-corrected chi connectivity index (χ4v) is 2.04. The topological polar surface area (TPSA) is 26.3 Å². The predicted molar refractivity (Wildman–Crippen MR) is 36.7 cm³/mol. The molecule has 0 bridgehead atoms. The normalized spacial score (nSPS) is 41.1. The summed E-state index contributed by atoms with van der Waals surface area (Å²) in [5.41, 5.74) is -1.40. The predicted octanol–water partition coefficient (Wildman–Crippen LogP) is 1.59. The quantitative estimate of drug-likeness (QED) is 0.597. The third-order valence-electron chi connectivity index (χ3n) is 2.90. The van der Waals surface area contributed by atoms with Gasteiger partial charge in [0.1, 0.15) is 5.41 Å². The first-order valence-electron chi connectivity index (χ1n) is 4.09. The molecule has 0 radical (unpaired) electrons. The Morgan fingerprint density at radius 3 is 2.58 bits per heavy atom. The Hall–Kier alpha value is -0.670. The molecule has 2 fully saturated rings. The van der Waals surface area contributed by atoms with E-state index >= 15 is 0 Å². The van der Waals surface area contributed by atoms with Gasteiger partial charge in [-0.05, 0) is 19.3 Å². The molecule has 12 heavy (non-hydrogen) atoms.